The van der Waals surface area contributed by atoms with E-state index in [2.05, 4.69) is 111 Å². The molecule has 0 aliphatic carbocycles. The average molecular weight is 480 g/mol. The third-order valence-corrected chi connectivity index (χ3v) is 7.37. The lowest BCUT2D eigenvalue weighted by molar-refractivity contribution is 0.250. The van der Waals surface area contributed by atoms with Crippen molar-refractivity contribution >= 4 is 30.1 Å². The normalized spacial score (nSPS) is 15.1. The second-order valence-electron chi connectivity index (χ2n) is 10.4. The number of aryl methyl sites for hydroxylation is 1. The van der Waals surface area contributed by atoms with Crippen LogP contribution >= 0.6 is 11.8 Å². The second-order valence-corrected chi connectivity index (χ2v) is 11.6. The smallest absolute Gasteiger partial charge is 0.225 e. The van der Waals surface area contributed by atoms with E-state index in [0.29, 0.717) is 5.96 Å². The van der Waals surface area contributed by atoms with Gasteiger partial charge < -0.3 is 15.5 Å². The van der Waals surface area contributed by atoms with E-state index < -0.39 is 0 Å². The van der Waals surface area contributed by atoms with Gasteiger partial charge in [-0.15, -0.1) is 11.8 Å². The van der Waals surface area contributed by atoms with Crippen molar-refractivity contribution in [3.8, 4) is 0 Å². The van der Waals surface area contributed by atoms with Crippen molar-refractivity contribution in [1.29, 1.82) is 0 Å². The van der Waals surface area contributed by atoms with Crippen LogP contribution < -0.4 is 10.6 Å². The molecule has 1 aliphatic rings. The first-order chi connectivity index (χ1) is 16.1. The van der Waals surface area contributed by atoms with Crippen LogP contribution in [0.15, 0.2) is 57.3 Å². The number of thioether (sulfide) groups is 1. The number of hydrogen-bond donors (Lipinski definition) is 2. The molecule has 0 saturated carbocycles. The molecule has 6 heteroatoms. The van der Waals surface area contributed by atoms with E-state index in [9.17, 15) is 0 Å². The van der Waals surface area contributed by atoms with Crippen LogP contribution in [0.4, 0.5) is 5.69 Å². The zero-order valence-electron chi connectivity index (χ0n) is 21.7. The molecule has 0 unspecified atom stereocenters. The summed E-state index contributed by atoms with van der Waals surface area (Å²) in [5.74, 6) is 1.69. The van der Waals surface area contributed by atoms with Gasteiger partial charge in [0, 0.05) is 47.9 Å². The van der Waals surface area contributed by atoms with Crippen molar-refractivity contribution < 1.29 is 0 Å². The average Bonchev–Trinajstić information content (AvgIpc) is 3.00. The van der Waals surface area contributed by atoms with Crippen molar-refractivity contribution in [2.45, 2.75) is 77.0 Å². The second kappa shape index (κ2) is 11.5. The van der Waals surface area contributed by atoms with Gasteiger partial charge in [0.2, 0.25) is 5.96 Å². The summed E-state index contributed by atoms with van der Waals surface area (Å²) >= 11 is 1.90. The third kappa shape index (κ3) is 7.42. The Kier molecular flexibility index (Phi) is 8.96. The molecule has 184 valence electrons. The quantitative estimate of drug-likeness (QED) is 0.364. The number of nitrogens with one attached hydrogen (secondary N) is 2. The molecule has 0 radical (unpaired) electrons. The van der Waals surface area contributed by atoms with E-state index in [0.717, 1.165) is 44.0 Å². The Morgan fingerprint density at radius 2 is 1.88 bits per heavy atom. The molecule has 0 amide bonds. The molecule has 1 heterocycles. The maximum Gasteiger partial charge on any atom is 0.225 e. The van der Waals surface area contributed by atoms with Gasteiger partial charge in [-0.05, 0) is 71.0 Å². The van der Waals surface area contributed by atoms with Crippen LogP contribution in [0.2, 0.25) is 0 Å². The lowest BCUT2D eigenvalue weighted by Gasteiger charge is -2.37. The van der Waals surface area contributed by atoms with E-state index in [1.807, 2.05) is 11.8 Å². The Balaban J connectivity index is 1.76. The largest absolute Gasteiger partial charge is 0.336 e. The van der Waals surface area contributed by atoms with Gasteiger partial charge in [0.1, 0.15) is 0 Å². The first-order valence-electron chi connectivity index (χ1n) is 12.2. The van der Waals surface area contributed by atoms with Gasteiger partial charge in [0.15, 0.2) is 0 Å². The predicted molar refractivity (Wildman–Crippen MR) is 149 cm³/mol. The van der Waals surface area contributed by atoms with Crippen LogP contribution in [0.5, 0.6) is 0 Å². The lowest BCUT2D eigenvalue weighted by Crippen LogP contribution is -2.56. The maximum absolute atomic E-state index is 4.99. The van der Waals surface area contributed by atoms with Crippen LogP contribution in [-0.2, 0) is 13.1 Å². The Bertz CT molecular complexity index is 1010. The van der Waals surface area contributed by atoms with Gasteiger partial charge >= 0.3 is 0 Å². The molecule has 0 bridgehead atoms. The summed E-state index contributed by atoms with van der Waals surface area (Å²) < 4.78 is 0. The van der Waals surface area contributed by atoms with Crippen molar-refractivity contribution in [2.75, 3.05) is 18.8 Å². The van der Waals surface area contributed by atoms with E-state index in [1.165, 1.54) is 21.6 Å². The van der Waals surface area contributed by atoms with Gasteiger partial charge in [-0.25, -0.2) is 9.98 Å². The summed E-state index contributed by atoms with van der Waals surface area (Å²) in [6.07, 6.45) is 1.09. The fraction of sp³-hybridized carbons (Fsp3) is 0.500. The van der Waals surface area contributed by atoms with Crippen molar-refractivity contribution in [3.05, 3.63) is 59.2 Å². The van der Waals surface area contributed by atoms with Gasteiger partial charge in [-0.1, -0.05) is 42.8 Å². The van der Waals surface area contributed by atoms with Crippen molar-refractivity contribution in [1.82, 2.24) is 15.5 Å². The van der Waals surface area contributed by atoms with Crippen LogP contribution in [0.3, 0.4) is 0 Å². The molecule has 1 aliphatic heterocycles. The van der Waals surface area contributed by atoms with Gasteiger partial charge in [0.05, 0.1) is 5.69 Å². The van der Waals surface area contributed by atoms with Gasteiger partial charge in [0.25, 0.3) is 0 Å². The highest BCUT2D eigenvalue weighted by Gasteiger charge is 2.26. The molecule has 0 atom stereocenters. The molecular weight excluding hydrogens is 438 g/mol. The number of hydrogen-bond acceptors (Lipinski definition) is 4. The number of fused-ring (bicyclic) bond motifs is 1. The van der Waals surface area contributed by atoms with Crippen LogP contribution in [0.1, 0.15) is 57.7 Å². The maximum atomic E-state index is 4.99. The first kappa shape index (κ1) is 26.5. The van der Waals surface area contributed by atoms with Crippen LogP contribution in [0, 0.1) is 6.92 Å². The molecule has 34 heavy (non-hydrogen) atoms. The minimum absolute atomic E-state index is 0.0162. The Morgan fingerprint density at radius 1 is 1.12 bits per heavy atom. The molecule has 2 aromatic carbocycles. The summed E-state index contributed by atoms with van der Waals surface area (Å²) in [6.45, 7) is 20.5. The summed E-state index contributed by atoms with van der Waals surface area (Å²) in [6, 6.07) is 15.0. The van der Waals surface area contributed by atoms with Crippen molar-refractivity contribution in [3.63, 3.8) is 0 Å². The number of guanidine groups is 1. The minimum atomic E-state index is -0.0162. The fourth-order valence-corrected chi connectivity index (χ4v) is 5.36. The first-order valence-corrected chi connectivity index (χ1v) is 13.2. The SMILES string of the molecule is C=NC(=Nc1ccc(C)cc1CNCC(C)(C)NC(C)(C)CC)N1CCSc2ccccc2C1. The highest BCUT2D eigenvalue weighted by Crippen LogP contribution is 2.28. The molecular formula is C28H41N5S. The third-order valence-electron chi connectivity index (χ3n) is 6.28. The molecule has 3 rings (SSSR count). The molecule has 5 nitrogen and oxygen atoms in total. The Hall–Kier alpha value is -2.15. The highest BCUT2D eigenvalue weighted by atomic mass is 32.2. The van der Waals surface area contributed by atoms with E-state index in [4.69, 9.17) is 4.99 Å². The Labute approximate surface area is 210 Å². The number of nitrogens with zero attached hydrogens (tertiary/aromatic N) is 3. The minimum Gasteiger partial charge on any atom is -0.336 e. The summed E-state index contributed by atoms with van der Waals surface area (Å²) in [5.41, 5.74) is 4.77. The van der Waals surface area contributed by atoms with E-state index in [1.54, 1.807) is 0 Å². The lowest BCUT2D eigenvalue weighted by atomic mass is 9.95. The monoisotopic (exact) mass is 479 g/mol. The molecule has 2 N–H and O–H groups in total. The molecule has 0 fully saturated rings. The molecule has 0 saturated heterocycles. The summed E-state index contributed by atoms with van der Waals surface area (Å²) in [4.78, 5) is 12.9. The van der Waals surface area contributed by atoms with Gasteiger partial charge in [-0.3, -0.25) is 0 Å². The van der Waals surface area contributed by atoms with Gasteiger partial charge in [-0.2, -0.15) is 0 Å². The molecule has 0 spiro atoms. The summed E-state index contributed by atoms with van der Waals surface area (Å²) in [7, 11) is 0. The van der Waals surface area contributed by atoms with Crippen molar-refractivity contribution in [2.24, 2.45) is 9.98 Å². The number of aliphatic imine (C=N–C) groups is 2. The topological polar surface area (TPSA) is 52.0 Å². The van der Waals surface area contributed by atoms with E-state index >= 15 is 0 Å². The van der Waals surface area contributed by atoms with E-state index in [-0.39, 0.29) is 11.1 Å². The number of rotatable bonds is 8. The zero-order chi connectivity index (χ0) is 24.8. The summed E-state index contributed by atoms with van der Waals surface area (Å²) in [5, 5.41) is 7.43. The molecule has 0 aromatic heterocycles. The highest BCUT2D eigenvalue weighted by molar-refractivity contribution is 7.99. The number of benzene rings is 2. The van der Waals surface area contributed by atoms with Crippen LogP contribution in [-0.4, -0.2) is 47.5 Å². The Morgan fingerprint density at radius 3 is 2.62 bits per heavy atom. The van der Waals surface area contributed by atoms with Crippen LogP contribution in [0.25, 0.3) is 0 Å². The molecule has 2 aromatic rings. The zero-order valence-corrected chi connectivity index (χ0v) is 22.6. The fourth-order valence-electron chi connectivity index (χ4n) is 4.33. The predicted octanol–water partition coefficient (Wildman–Crippen LogP) is 5.94. The standard InChI is InChI=1S/C28H41N5S/c1-8-27(3,4)32-28(5,6)20-30-18-23-17-21(2)13-14-24(23)31-26(29-7)33-15-16-34-25-12-10-9-11-22(25)19-33/h9-14,17,30,32H,7-8,15-16,18-20H2,1-6H3.